The minimum Gasteiger partial charge on any atom is -0.511 e. The first kappa shape index (κ1) is 35.4. The molecule has 2 saturated carbocycles. The monoisotopic (exact) mass is 705 g/mol. The topological polar surface area (TPSA) is 223 Å². The van der Waals surface area contributed by atoms with Crippen LogP contribution in [0, 0.1) is 23.6 Å². The van der Waals surface area contributed by atoms with E-state index < -0.39 is 37.8 Å². The number of sulfonamides is 1. The van der Waals surface area contributed by atoms with Crippen molar-refractivity contribution in [2.24, 2.45) is 33.6 Å². The van der Waals surface area contributed by atoms with Crippen LogP contribution in [0.3, 0.4) is 0 Å². The number of nitrogens with zero attached hydrogens (tertiary/aromatic N) is 2. The van der Waals surface area contributed by atoms with Gasteiger partial charge < -0.3 is 31.9 Å². The van der Waals surface area contributed by atoms with E-state index in [9.17, 15) is 35.9 Å². The Morgan fingerprint density at radius 3 is 2.44 bits per heavy atom. The Labute approximate surface area is 278 Å². The third kappa shape index (κ3) is 7.56. The van der Waals surface area contributed by atoms with Crippen molar-refractivity contribution < 1.29 is 41.0 Å². The fourth-order valence-corrected chi connectivity index (χ4v) is 9.13. The number of aliphatic carboxylic acids is 1. The molecule has 2 aromatic rings. The number of amides is 1. The number of unbranched alkanes of at least 4 members (excludes halogenated alkanes) is 1. The summed E-state index contributed by atoms with van der Waals surface area (Å²) in [6.45, 7) is 0.790. The van der Waals surface area contributed by atoms with Gasteiger partial charge in [-0.25, -0.2) is 12.8 Å². The summed E-state index contributed by atoms with van der Waals surface area (Å²) in [5.74, 6) is -2.57. The standard InChI is InChI=1S/C26H26FN3O6S2.C6H14N2O2/c1-37(33,34)13-15-4-9-19-20(10-15)38(35,36)29-25(28-19)22-24(31)21-16-5-6-17(11-16)23(21)30(26(22)32)12-14-2-7-18(27)8-3-14;7-4-2-1-3-5(8)6(9)10/h2-4,7-10,16-17,21,23,31H,5-6,11-13H2,1H3,(H,28,29);5H,1-4,7-8H2,(H,9,10)/t16-,17+,21?,23?;/m0./s1. The van der Waals surface area contributed by atoms with Crippen LogP contribution in [-0.4, -0.2) is 74.5 Å². The molecule has 0 radical (unpaired) electrons. The maximum absolute atomic E-state index is 13.9. The molecule has 5 atom stereocenters. The lowest BCUT2D eigenvalue weighted by atomic mass is 9.77. The van der Waals surface area contributed by atoms with E-state index in [0.717, 1.165) is 43.9 Å². The summed E-state index contributed by atoms with van der Waals surface area (Å²) in [6, 6.07) is 9.09. The lowest BCUT2D eigenvalue weighted by Crippen LogP contribution is -2.53. The van der Waals surface area contributed by atoms with Crippen LogP contribution in [0.15, 0.2) is 63.1 Å². The second-order valence-electron chi connectivity index (χ2n) is 12.8. The second kappa shape index (κ2) is 13.9. The van der Waals surface area contributed by atoms with Gasteiger partial charge in [0.1, 0.15) is 28.1 Å². The minimum absolute atomic E-state index is 0.139. The van der Waals surface area contributed by atoms with Gasteiger partial charge in [-0.3, -0.25) is 9.59 Å². The van der Waals surface area contributed by atoms with Crippen molar-refractivity contribution in [1.82, 2.24) is 4.90 Å². The molecule has 6 rings (SSSR count). The molecule has 1 amide bonds. The van der Waals surface area contributed by atoms with E-state index in [1.807, 2.05) is 0 Å². The molecule has 13 nitrogen and oxygen atoms in total. The second-order valence-corrected chi connectivity index (χ2v) is 16.6. The van der Waals surface area contributed by atoms with Crippen LogP contribution in [0.25, 0.3) is 0 Å². The smallest absolute Gasteiger partial charge is 0.320 e. The van der Waals surface area contributed by atoms with Gasteiger partial charge in [0.05, 0.1) is 11.4 Å². The third-order valence-corrected chi connectivity index (χ3v) is 11.5. The highest BCUT2D eigenvalue weighted by atomic mass is 32.2. The van der Waals surface area contributed by atoms with Crippen molar-refractivity contribution in [3.8, 4) is 0 Å². The number of aliphatic hydroxyl groups excluding tert-OH is 1. The van der Waals surface area contributed by atoms with Crippen molar-refractivity contribution in [2.75, 3.05) is 18.1 Å². The zero-order chi connectivity index (χ0) is 35.0. The van der Waals surface area contributed by atoms with E-state index in [2.05, 4.69) is 9.71 Å². The number of nitrogens with one attached hydrogen (secondary N) is 1. The number of carboxylic acids is 1. The van der Waals surface area contributed by atoms with Crippen molar-refractivity contribution in [3.05, 3.63) is 70.7 Å². The van der Waals surface area contributed by atoms with Crippen molar-refractivity contribution in [2.45, 2.75) is 67.8 Å². The van der Waals surface area contributed by atoms with E-state index >= 15 is 0 Å². The lowest BCUT2D eigenvalue weighted by molar-refractivity contribution is -0.138. The molecule has 0 aromatic heterocycles. The number of sulfone groups is 1. The highest BCUT2D eigenvalue weighted by Gasteiger charge is 2.57. The molecule has 0 spiro atoms. The number of aliphatic hydroxyl groups is 1. The number of benzene rings is 2. The summed E-state index contributed by atoms with van der Waals surface area (Å²) >= 11 is 0. The summed E-state index contributed by atoms with van der Waals surface area (Å²) < 4.78 is 67.1. The Kier molecular flexibility index (Phi) is 10.3. The molecule has 2 fully saturated rings. The van der Waals surface area contributed by atoms with Crippen molar-refractivity contribution >= 4 is 43.3 Å². The van der Waals surface area contributed by atoms with Crippen LogP contribution >= 0.6 is 0 Å². The van der Waals surface area contributed by atoms with Gasteiger partial charge >= 0.3 is 5.97 Å². The van der Waals surface area contributed by atoms with Crippen LogP contribution in [0.1, 0.15) is 49.7 Å². The number of halogens is 1. The summed E-state index contributed by atoms with van der Waals surface area (Å²) in [4.78, 5) is 25.5. The fourth-order valence-electron chi connectivity index (χ4n) is 7.17. The number of amidine groups is 1. The Morgan fingerprint density at radius 1 is 1.12 bits per heavy atom. The van der Waals surface area contributed by atoms with Gasteiger partial charge in [0.25, 0.3) is 15.9 Å². The minimum atomic E-state index is -4.31. The number of nitrogens with two attached hydrogens (primary N) is 2. The third-order valence-electron chi connectivity index (χ3n) is 9.29. The first-order chi connectivity index (χ1) is 22.6. The molecule has 2 aliphatic carbocycles. The van der Waals surface area contributed by atoms with Gasteiger partial charge in [-0.15, -0.1) is 4.40 Å². The van der Waals surface area contributed by atoms with Crippen molar-refractivity contribution in [3.63, 3.8) is 0 Å². The Balaban J connectivity index is 0.000000393. The summed E-state index contributed by atoms with van der Waals surface area (Å²) in [7, 11) is -7.70. The molecular formula is C32H40FN5O8S2. The number of hydrogen-bond acceptors (Lipinski definition) is 10. The maximum atomic E-state index is 13.9. The van der Waals surface area contributed by atoms with E-state index in [1.54, 1.807) is 17.0 Å². The average Bonchev–Trinajstić information content (AvgIpc) is 3.63. The molecule has 4 aliphatic rings. The van der Waals surface area contributed by atoms with E-state index in [0.29, 0.717) is 18.5 Å². The zero-order valence-corrected chi connectivity index (χ0v) is 28.0. The summed E-state index contributed by atoms with van der Waals surface area (Å²) in [6.07, 6.45) is 5.94. The van der Waals surface area contributed by atoms with Crippen LogP contribution in [0.4, 0.5) is 10.1 Å². The number of carboxylic acid groups (broad SMARTS) is 1. The number of fused-ring (bicyclic) bond motifs is 6. The van der Waals surface area contributed by atoms with Gasteiger partial charge in [-0.2, -0.15) is 8.42 Å². The zero-order valence-electron chi connectivity index (χ0n) is 26.4. The Morgan fingerprint density at radius 2 is 1.79 bits per heavy atom. The molecular weight excluding hydrogens is 666 g/mol. The van der Waals surface area contributed by atoms with E-state index in [-0.39, 0.29) is 69.7 Å². The van der Waals surface area contributed by atoms with Gasteiger partial charge in [0, 0.05) is 24.8 Å². The summed E-state index contributed by atoms with van der Waals surface area (Å²) in [5.41, 5.74) is 11.4. The first-order valence-electron chi connectivity index (χ1n) is 15.7. The molecule has 3 unspecified atom stereocenters. The molecule has 2 heterocycles. The molecule has 2 bridgehead atoms. The van der Waals surface area contributed by atoms with Crippen LogP contribution in [-0.2, 0) is 41.7 Å². The molecule has 0 saturated heterocycles. The number of rotatable bonds is 10. The Hall–Kier alpha value is -3.86. The SMILES string of the molecule is CS(=O)(=O)Cc1ccc2c(c1)S(=O)(=O)N=C(C1=C(O)C3C([C@@H]4CC[C@H]3C4)N(Cc3ccc(F)cc3)C1=O)N2.NCCCCC(N)C(=O)O. The predicted molar refractivity (Wildman–Crippen MR) is 176 cm³/mol. The normalized spacial score (nSPS) is 24.5. The van der Waals surface area contributed by atoms with E-state index in [4.69, 9.17) is 16.6 Å². The molecule has 260 valence electrons. The number of carbonyl (C=O) groups excluding carboxylic acids is 1. The largest absolute Gasteiger partial charge is 0.511 e. The summed E-state index contributed by atoms with van der Waals surface area (Å²) in [5, 5.41) is 22.6. The lowest BCUT2D eigenvalue weighted by Gasteiger charge is -2.44. The van der Waals surface area contributed by atoms with E-state index in [1.165, 1.54) is 30.3 Å². The molecule has 2 aromatic carbocycles. The number of carbonyl (C=O) groups is 2. The molecule has 16 heteroatoms. The number of hydrogen-bond donors (Lipinski definition) is 5. The van der Waals surface area contributed by atoms with Crippen LogP contribution in [0.2, 0.25) is 0 Å². The maximum Gasteiger partial charge on any atom is 0.320 e. The highest BCUT2D eigenvalue weighted by Crippen LogP contribution is 2.55. The van der Waals surface area contributed by atoms with Crippen molar-refractivity contribution in [1.29, 1.82) is 0 Å². The predicted octanol–water partition coefficient (Wildman–Crippen LogP) is 2.68. The van der Waals surface area contributed by atoms with Crippen LogP contribution in [0.5, 0.6) is 0 Å². The molecule has 2 aliphatic heterocycles. The Bertz CT molecular complexity index is 1860. The van der Waals surface area contributed by atoms with Gasteiger partial charge in [-0.1, -0.05) is 24.6 Å². The molecule has 7 N–H and O–H groups in total. The van der Waals surface area contributed by atoms with Crippen LogP contribution < -0.4 is 16.8 Å². The highest BCUT2D eigenvalue weighted by molar-refractivity contribution is 7.90. The van der Waals surface area contributed by atoms with Gasteiger partial charge in [-0.05, 0) is 85.9 Å². The fraction of sp³-hybridized carbons (Fsp3) is 0.469. The quantitative estimate of drug-likeness (QED) is 0.226. The van der Waals surface area contributed by atoms with Gasteiger partial charge in [0.15, 0.2) is 15.7 Å². The first-order valence-corrected chi connectivity index (χ1v) is 19.2. The molecule has 48 heavy (non-hydrogen) atoms. The van der Waals surface area contributed by atoms with Gasteiger partial charge in [0.2, 0.25) is 0 Å². The average molecular weight is 706 g/mol. The number of anilines is 1.